The summed E-state index contributed by atoms with van der Waals surface area (Å²) >= 11 is 3.25. The first kappa shape index (κ1) is 10.9. The molecule has 0 aliphatic rings. The van der Waals surface area contributed by atoms with E-state index in [1.165, 1.54) is 7.11 Å². The standard InChI is InChI=1S/C11H7BrO4/c1-15-11(14)8-5-16-9-3-2-6(12)4-7(9)10(8)13/h2-5H,1H3. The van der Waals surface area contributed by atoms with Crippen LogP contribution in [0, 0.1) is 0 Å². The summed E-state index contributed by atoms with van der Waals surface area (Å²) in [5.74, 6) is -0.698. The maximum Gasteiger partial charge on any atom is 0.345 e. The molecule has 0 unspecified atom stereocenters. The third kappa shape index (κ3) is 1.74. The number of methoxy groups -OCH3 is 1. The highest BCUT2D eigenvalue weighted by Gasteiger charge is 2.14. The highest BCUT2D eigenvalue weighted by atomic mass is 79.9. The van der Waals surface area contributed by atoms with Crippen LogP contribution in [0.5, 0.6) is 0 Å². The van der Waals surface area contributed by atoms with Crippen LogP contribution in [-0.2, 0) is 4.74 Å². The van der Waals surface area contributed by atoms with Crippen LogP contribution >= 0.6 is 15.9 Å². The summed E-state index contributed by atoms with van der Waals surface area (Å²) in [6.45, 7) is 0. The second-order valence-corrected chi connectivity index (χ2v) is 4.03. The summed E-state index contributed by atoms with van der Waals surface area (Å²) in [5.41, 5.74) is -0.0663. The van der Waals surface area contributed by atoms with E-state index in [2.05, 4.69) is 20.7 Å². The number of esters is 1. The van der Waals surface area contributed by atoms with Gasteiger partial charge >= 0.3 is 5.97 Å². The van der Waals surface area contributed by atoms with E-state index in [4.69, 9.17) is 4.42 Å². The molecule has 0 radical (unpaired) electrons. The van der Waals surface area contributed by atoms with Gasteiger partial charge in [-0.3, -0.25) is 4.79 Å². The van der Waals surface area contributed by atoms with Crippen molar-refractivity contribution in [1.82, 2.24) is 0 Å². The summed E-state index contributed by atoms with van der Waals surface area (Å²) in [6, 6.07) is 5.01. The lowest BCUT2D eigenvalue weighted by Crippen LogP contribution is -2.15. The highest BCUT2D eigenvalue weighted by molar-refractivity contribution is 9.10. The van der Waals surface area contributed by atoms with Crippen molar-refractivity contribution < 1.29 is 13.9 Å². The number of hydrogen-bond acceptors (Lipinski definition) is 4. The molecular formula is C11H7BrO4. The fourth-order valence-corrected chi connectivity index (χ4v) is 1.72. The Balaban J connectivity index is 2.78. The Labute approximate surface area is 99.0 Å². The van der Waals surface area contributed by atoms with Gasteiger partial charge in [0.2, 0.25) is 5.43 Å². The minimum Gasteiger partial charge on any atom is -0.465 e. The number of carbonyl (C=O) groups is 1. The van der Waals surface area contributed by atoms with E-state index in [1.54, 1.807) is 18.2 Å². The lowest BCUT2D eigenvalue weighted by molar-refractivity contribution is 0.0597. The number of benzene rings is 1. The largest absolute Gasteiger partial charge is 0.465 e. The smallest absolute Gasteiger partial charge is 0.345 e. The first-order valence-corrected chi connectivity index (χ1v) is 5.22. The van der Waals surface area contributed by atoms with Gasteiger partial charge in [-0.1, -0.05) is 15.9 Å². The van der Waals surface area contributed by atoms with Crippen LogP contribution in [0.3, 0.4) is 0 Å². The molecule has 2 aromatic rings. The van der Waals surface area contributed by atoms with Crippen molar-refractivity contribution in [2.45, 2.75) is 0 Å². The van der Waals surface area contributed by atoms with Crippen molar-refractivity contribution in [3.8, 4) is 0 Å². The van der Waals surface area contributed by atoms with Gasteiger partial charge in [0.25, 0.3) is 0 Å². The molecule has 1 heterocycles. The van der Waals surface area contributed by atoms with Crippen molar-refractivity contribution in [3.63, 3.8) is 0 Å². The molecular weight excluding hydrogens is 276 g/mol. The minimum atomic E-state index is -0.698. The maximum absolute atomic E-state index is 11.9. The summed E-state index contributed by atoms with van der Waals surface area (Å²) in [6.07, 6.45) is 1.12. The Morgan fingerprint density at radius 1 is 1.44 bits per heavy atom. The van der Waals surface area contributed by atoms with Crippen LogP contribution in [0.15, 0.2) is 38.1 Å². The lowest BCUT2D eigenvalue weighted by Gasteiger charge is -2.00. The van der Waals surface area contributed by atoms with Crippen molar-refractivity contribution in [3.05, 3.63) is 44.7 Å². The van der Waals surface area contributed by atoms with Crippen LogP contribution in [0.4, 0.5) is 0 Å². The third-order valence-electron chi connectivity index (χ3n) is 2.14. The molecule has 0 spiro atoms. The third-order valence-corrected chi connectivity index (χ3v) is 2.63. The summed E-state index contributed by atoms with van der Waals surface area (Å²) in [4.78, 5) is 23.2. The summed E-state index contributed by atoms with van der Waals surface area (Å²) in [7, 11) is 1.22. The Hall–Kier alpha value is -1.62. The van der Waals surface area contributed by atoms with E-state index in [0.29, 0.717) is 11.0 Å². The normalized spacial score (nSPS) is 10.4. The van der Waals surface area contributed by atoms with Crippen molar-refractivity contribution in [2.75, 3.05) is 7.11 Å². The Morgan fingerprint density at radius 2 is 2.19 bits per heavy atom. The zero-order valence-electron chi connectivity index (χ0n) is 8.32. The van der Waals surface area contributed by atoms with Crippen LogP contribution in [-0.4, -0.2) is 13.1 Å². The monoisotopic (exact) mass is 282 g/mol. The molecule has 0 atom stereocenters. The predicted molar refractivity (Wildman–Crippen MR) is 61.5 cm³/mol. The number of fused-ring (bicyclic) bond motifs is 1. The summed E-state index contributed by atoms with van der Waals surface area (Å²) in [5, 5.41) is 0.345. The van der Waals surface area contributed by atoms with Crippen molar-refractivity contribution in [2.24, 2.45) is 0 Å². The van der Waals surface area contributed by atoms with Gasteiger partial charge in [-0.25, -0.2) is 4.79 Å². The summed E-state index contributed by atoms with van der Waals surface area (Å²) < 4.78 is 10.4. The molecule has 0 saturated carbocycles. The molecule has 0 aliphatic carbocycles. The van der Waals surface area contributed by atoms with E-state index < -0.39 is 11.4 Å². The van der Waals surface area contributed by atoms with Gasteiger partial charge in [-0.2, -0.15) is 0 Å². The van der Waals surface area contributed by atoms with Crippen LogP contribution < -0.4 is 5.43 Å². The highest BCUT2D eigenvalue weighted by Crippen LogP contribution is 2.17. The second-order valence-electron chi connectivity index (χ2n) is 3.11. The minimum absolute atomic E-state index is 0.104. The lowest BCUT2D eigenvalue weighted by atomic mass is 10.2. The Kier molecular flexibility index (Phi) is 2.78. The van der Waals surface area contributed by atoms with Gasteiger partial charge in [0, 0.05) is 4.47 Å². The van der Waals surface area contributed by atoms with Gasteiger partial charge in [0.05, 0.1) is 12.5 Å². The SMILES string of the molecule is COC(=O)c1coc2ccc(Br)cc2c1=O. The number of halogens is 1. The number of hydrogen-bond donors (Lipinski definition) is 0. The Morgan fingerprint density at radius 3 is 2.88 bits per heavy atom. The number of rotatable bonds is 1. The molecule has 2 rings (SSSR count). The van der Waals surface area contributed by atoms with E-state index in [1.807, 2.05) is 0 Å². The van der Waals surface area contributed by atoms with E-state index >= 15 is 0 Å². The molecule has 0 bridgehead atoms. The van der Waals surface area contributed by atoms with E-state index in [9.17, 15) is 9.59 Å². The fourth-order valence-electron chi connectivity index (χ4n) is 1.35. The molecule has 5 heteroatoms. The van der Waals surface area contributed by atoms with Crippen LogP contribution in [0.1, 0.15) is 10.4 Å². The number of ether oxygens (including phenoxy) is 1. The zero-order chi connectivity index (χ0) is 11.7. The van der Waals surface area contributed by atoms with E-state index in [0.717, 1.165) is 10.7 Å². The number of carbonyl (C=O) groups excluding carboxylic acids is 1. The first-order valence-electron chi connectivity index (χ1n) is 4.43. The molecule has 16 heavy (non-hydrogen) atoms. The van der Waals surface area contributed by atoms with Crippen molar-refractivity contribution >= 4 is 32.9 Å². The predicted octanol–water partition coefficient (Wildman–Crippen LogP) is 2.34. The quantitative estimate of drug-likeness (QED) is 0.754. The molecule has 4 nitrogen and oxygen atoms in total. The first-order chi connectivity index (χ1) is 7.63. The average molecular weight is 283 g/mol. The van der Waals surface area contributed by atoms with Crippen LogP contribution in [0.25, 0.3) is 11.0 Å². The molecule has 1 aromatic heterocycles. The average Bonchev–Trinajstić information content (AvgIpc) is 2.29. The van der Waals surface area contributed by atoms with Crippen LogP contribution in [0.2, 0.25) is 0 Å². The molecule has 1 aromatic carbocycles. The molecule has 0 fully saturated rings. The molecule has 0 aliphatic heterocycles. The van der Waals surface area contributed by atoms with Gasteiger partial charge in [0.1, 0.15) is 17.4 Å². The van der Waals surface area contributed by atoms with Gasteiger partial charge in [-0.05, 0) is 18.2 Å². The fraction of sp³-hybridized carbons (Fsp3) is 0.0909. The van der Waals surface area contributed by atoms with Gasteiger partial charge < -0.3 is 9.15 Å². The molecule has 0 N–H and O–H groups in total. The molecule has 82 valence electrons. The second kappa shape index (κ2) is 4.09. The zero-order valence-corrected chi connectivity index (χ0v) is 9.91. The van der Waals surface area contributed by atoms with Crippen molar-refractivity contribution in [1.29, 1.82) is 0 Å². The molecule has 0 saturated heterocycles. The van der Waals surface area contributed by atoms with E-state index in [-0.39, 0.29) is 5.56 Å². The topological polar surface area (TPSA) is 56.5 Å². The maximum atomic E-state index is 11.9. The van der Waals surface area contributed by atoms with Gasteiger partial charge in [0.15, 0.2) is 0 Å². The van der Waals surface area contributed by atoms with Gasteiger partial charge in [-0.15, -0.1) is 0 Å². The Bertz CT molecular complexity index is 615. The molecule has 0 amide bonds.